The highest BCUT2D eigenvalue weighted by atomic mass is 16.6. The molecule has 2 N–H and O–H groups in total. The molecule has 0 radical (unpaired) electrons. The van der Waals surface area contributed by atoms with E-state index in [0.29, 0.717) is 30.1 Å². The minimum absolute atomic E-state index is 0.000692. The second-order valence-electron chi connectivity index (χ2n) is 15.1. The standard InChI is InChI=1S/C30H47NO5/c1-17(2)18-10-13-30(25(33)34)15-14-28(6)19(23(18)30)8-9-22-27(5)16-20(31(35)36)24(32)26(3,4)21(27)11-12-29(22,28)7/h17-19,21-23,32H,8-16H2,1-7H3,(H,33,34)/t18-,19+,21-,22+,23+,27-,28+,29+,30-/m0/s1. The fourth-order valence-electron chi connectivity index (χ4n) is 11.7. The Hall–Kier alpha value is -1.59. The predicted octanol–water partition coefficient (Wildman–Crippen LogP) is 7.46. The van der Waals surface area contributed by atoms with Gasteiger partial charge in [0.1, 0.15) is 0 Å². The van der Waals surface area contributed by atoms with E-state index in [-0.39, 0.29) is 44.5 Å². The summed E-state index contributed by atoms with van der Waals surface area (Å²) in [5.41, 5.74) is -1.42. The molecule has 0 aromatic carbocycles. The molecular weight excluding hydrogens is 454 g/mol. The minimum Gasteiger partial charge on any atom is -0.506 e. The molecule has 5 aliphatic carbocycles. The Bertz CT molecular complexity index is 1020. The molecule has 0 heterocycles. The van der Waals surface area contributed by atoms with Gasteiger partial charge in [-0.3, -0.25) is 14.9 Å². The Labute approximate surface area is 216 Å². The van der Waals surface area contributed by atoms with E-state index in [0.717, 1.165) is 51.4 Å². The normalized spacial score (nSPS) is 49.6. The number of allylic oxidation sites excluding steroid dienone is 2. The average molecular weight is 502 g/mol. The zero-order valence-electron chi connectivity index (χ0n) is 23.4. The summed E-state index contributed by atoms with van der Waals surface area (Å²) in [5.74, 6) is 1.46. The topological polar surface area (TPSA) is 101 Å². The summed E-state index contributed by atoms with van der Waals surface area (Å²) in [7, 11) is 0. The smallest absolute Gasteiger partial charge is 0.309 e. The number of carboxylic acids is 1. The van der Waals surface area contributed by atoms with Crippen LogP contribution in [0.25, 0.3) is 0 Å². The molecule has 0 aliphatic heterocycles. The van der Waals surface area contributed by atoms with Crippen molar-refractivity contribution in [2.75, 3.05) is 0 Å². The van der Waals surface area contributed by atoms with Gasteiger partial charge in [-0.15, -0.1) is 0 Å². The van der Waals surface area contributed by atoms with Gasteiger partial charge in [0.2, 0.25) is 0 Å². The van der Waals surface area contributed by atoms with Gasteiger partial charge in [0.15, 0.2) is 5.76 Å². The summed E-state index contributed by atoms with van der Waals surface area (Å²) in [6.45, 7) is 15.7. The maximum absolute atomic E-state index is 12.8. The van der Waals surface area contributed by atoms with Gasteiger partial charge in [-0.1, -0.05) is 48.5 Å². The number of fused-ring (bicyclic) bond motifs is 7. The van der Waals surface area contributed by atoms with Crippen molar-refractivity contribution in [3.63, 3.8) is 0 Å². The lowest BCUT2D eigenvalue weighted by Gasteiger charge is -2.71. The third-order valence-corrected chi connectivity index (χ3v) is 13.6. The molecule has 4 fully saturated rings. The van der Waals surface area contributed by atoms with Crippen molar-refractivity contribution in [1.82, 2.24) is 0 Å². The molecule has 0 unspecified atom stereocenters. The van der Waals surface area contributed by atoms with Crippen LogP contribution >= 0.6 is 0 Å². The van der Waals surface area contributed by atoms with Crippen molar-refractivity contribution in [3.05, 3.63) is 21.6 Å². The molecule has 5 aliphatic rings. The van der Waals surface area contributed by atoms with Crippen LogP contribution in [0.3, 0.4) is 0 Å². The summed E-state index contributed by atoms with van der Waals surface area (Å²) < 4.78 is 0. The first-order chi connectivity index (χ1) is 16.6. The van der Waals surface area contributed by atoms with Crippen LogP contribution in [0, 0.1) is 72.7 Å². The molecule has 9 atom stereocenters. The van der Waals surface area contributed by atoms with Crippen molar-refractivity contribution in [2.24, 2.45) is 62.6 Å². The molecule has 5 rings (SSSR count). The van der Waals surface area contributed by atoms with Crippen molar-refractivity contribution in [2.45, 2.75) is 106 Å². The lowest BCUT2D eigenvalue weighted by Crippen LogP contribution is -2.66. The van der Waals surface area contributed by atoms with E-state index >= 15 is 0 Å². The molecular formula is C30H47NO5. The highest BCUT2D eigenvalue weighted by Crippen LogP contribution is 2.77. The largest absolute Gasteiger partial charge is 0.506 e. The third kappa shape index (κ3) is 2.93. The number of hydrogen-bond donors (Lipinski definition) is 2. The summed E-state index contributed by atoms with van der Waals surface area (Å²) in [5, 5.41) is 33.6. The number of aliphatic carboxylic acids is 1. The second-order valence-corrected chi connectivity index (χ2v) is 15.1. The van der Waals surface area contributed by atoms with Crippen molar-refractivity contribution < 1.29 is 19.9 Å². The summed E-state index contributed by atoms with van der Waals surface area (Å²) in [6.07, 6.45) is 7.89. The fraction of sp³-hybridized carbons (Fsp3) is 0.900. The van der Waals surface area contributed by atoms with Crippen LogP contribution in [0.15, 0.2) is 11.5 Å². The molecule has 202 valence electrons. The van der Waals surface area contributed by atoms with E-state index in [9.17, 15) is 25.1 Å². The Morgan fingerprint density at radius 1 is 0.944 bits per heavy atom. The molecule has 0 aromatic heterocycles. The average Bonchev–Trinajstić information content (AvgIpc) is 3.18. The third-order valence-electron chi connectivity index (χ3n) is 13.6. The number of aliphatic hydroxyl groups is 1. The van der Waals surface area contributed by atoms with Crippen LogP contribution in [0.5, 0.6) is 0 Å². The predicted molar refractivity (Wildman–Crippen MR) is 139 cm³/mol. The van der Waals surface area contributed by atoms with Gasteiger partial charge in [-0.25, -0.2) is 0 Å². The highest BCUT2D eigenvalue weighted by molar-refractivity contribution is 5.76. The first-order valence-electron chi connectivity index (χ1n) is 14.4. The molecule has 0 spiro atoms. The van der Waals surface area contributed by atoms with Crippen LogP contribution in [0.2, 0.25) is 0 Å². The van der Waals surface area contributed by atoms with Gasteiger partial charge in [0.25, 0.3) is 5.70 Å². The first kappa shape index (κ1) is 26.0. The number of carbonyl (C=O) groups is 1. The van der Waals surface area contributed by atoms with Crippen LogP contribution in [0.4, 0.5) is 0 Å². The Morgan fingerprint density at radius 2 is 1.61 bits per heavy atom. The van der Waals surface area contributed by atoms with Crippen LogP contribution < -0.4 is 0 Å². The number of nitrogens with zero attached hydrogens (tertiary/aromatic N) is 1. The number of hydrogen-bond acceptors (Lipinski definition) is 4. The SMILES string of the molecule is CC(C)[C@@H]1CC[C@]2(C(=O)O)CC[C@]3(C)[C@H](CC[C@@H]4[C@@]5(C)CC([N+](=O)[O-])=C(O)C(C)(C)[C@@H]5CC[C@]43C)[C@@H]12. The van der Waals surface area contributed by atoms with Gasteiger partial charge in [-0.2, -0.15) is 0 Å². The monoisotopic (exact) mass is 501 g/mol. The lowest BCUT2D eigenvalue weighted by molar-refractivity contribution is -0.439. The van der Waals surface area contributed by atoms with E-state index < -0.39 is 16.8 Å². The summed E-state index contributed by atoms with van der Waals surface area (Å²) in [4.78, 5) is 24.5. The first-order valence-corrected chi connectivity index (χ1v) is 14.4. The van der Waals surface area contributed by atoms with Crippen LogP contribution in [-0.2, 0) is 4.79 Å². The summed E-state index contributed by atoms with van der Waals surface area (Å²) in [6, 6.07) is 0. The minimum atomic E-state index is -0.617. The molecule has 6 nitrogen and oxygen atoms in total. The Balaban J connectivity index is 1.59. The van der Waals surface area contributed by atoms with Gasteiger partial charge in [0.05, 0.1) is 10.3 Å². The van der Waals surface area contributed by atoms with E-state index in [1.165, 1.54) is 0 Å². The number of rotatable bonds is 3. The highest BCUT2D eigenvalue weighted by Gasteiger charge is 2.72. The van der Waals surface area contributed by atoms with Gasteiger partial charge < -0.3 is 10.2 Å². The Morgan fingerprint density at radius 3 is 2.19 bits per heavy atom. The lowest BCUT2D eigenvalue weighted by atomic mass is 9.32. The van der Waals surface area contributed by atoms with Gasteiger partial charge >= 0.3 is 5.97 Å². The molecule has 6 heteroatoms. The van der Waals surface area contributed by atoms with Crippen molar-refractivity contribution >= 4 is 5.97 Å². The zero-order valence-corrected chi connectivity index (χ0v) is 23.4. The van der Waals surface area contributed by atoms with Crippen LogP contribution in [0.1, 0.15) is 106 Å². The van der Waals surface area contributed by atoms with Crippen LogP contribution in [-0.4, -0.2) is 21.1 Å². The fourth-order valence-corrected chi connectivity index (χ4v) is 11.7. The molecule has 0 bridgehead atoms. The maximum atomic E-state index is 12.8. The Kier molecular flexibility index (Phi) is 5.59. The van der Waals surface area contributed by atoms with Gasteiger partial charge in [-0.05, 0) is 103 Å². The molecule has 0 aromatic rings. The van der Waals surface area contributed by atoms with Crippen molar-refractivity contribution in [3.8, 4) is 0 Å². The van der Waals surface area contributed by atoms with E-state index in [4.69, 9.17) is 0 Å². The quantitative estimate of drug-likeness (QED) is 0.309. The zero-order chi connectivity index (χ0) is 26.6. The molecule has 0 saturated heterocycles. The number of aliphatic hydroxyl groups excluding tert-OH is 1. The molecule has 36 heavy (non-hydrogen) atoms. The number of nitro groups is 1. The summed E-state index contributed by atoms with van der Waals surface area (Å²) >= 11 is 0. The molecule has 4 saturated carbocycles. The maximum Gasteiger partial charge on any atom is 0.309 e. The molecule has 0 amide bonds. The van der Waals surface area contributed by atoms with E-state index in [1.54, 1.807) is 0 Å². The second kappa shape index (κ2) is 7.72. The number of carboxylic acid groups (broad SMARTS) is 1. The van der Waals surface area contributed by atoms with E-state index in [2.05, 4.69) is 34.6 Å². The van der Waals surface area contributed by atoms with E-state index in [1.807, 2.05) is 13.8 Å². The van der Waals surface area contributed by atoms with Crippen molar-refractivity contribution in [1.29, 1.82) is 0 Å². The van der Waals surface area contributed by atoms with Gasteiger partial charge in [0, 0.05) is 11.8 Å².